The molecule has 1 saturated carbocycles. The maximum absolute atomic E-state index is 4.67. The van der Waals surface area contributed by atoms with Crippen LogP contribution in [0.4, 0.5) is 0 Å². The molecule has 2 aromatic rings. The van der Waals surface area contributed by atoms with E-state index in [9.17, 15) is 0 Å². The Morgan fingerprint density at radius 3 is 2.94 bits per heavy atom. The smallest absolute Gasteiger partial charge is 0.0949 e. The SMILES string of the molecule is BrC(Cc1nc2ccccc2s1)CC1CC1. The van der Waals surface area contributed by atoms with Crippen LogP contribution in [0.5, 0.6) is 0 Å². The second-order valence-electron chi connectivity index (χ2n) is 4.56. The second kappa shape index (κ2) is 4.46. The molecule has 1 nitrogen and oxygen atoms in total. The lowest BCUT2D eigenvalue weighted by molar-refractivity contribution is 0.689. The van der Waals surface area contributed by atoms with Crippen LogP contribution in [0.2, 0.25) is 0 Å². The maximum atomic E-state index is 4.67. The number of para-hydroxylation sites is 1. The number of hydrogen-bond donors (Lipinski definition) is 0. The zero-order valence-corrected chi connectivity index (χ0v) is 11.4. The first kappa shape index (κ1) is 10.7. The summed E-state index contributed by atoms with van der Waals surface area (Å²) in [6.45, 7) is 0. The Hall–Kier alpha value is -0.410. The minimum absolute atomic E-state index is 0.612. The van der Waals surface area contributed by atoms with Crippen LogP contribution in [0.3, 0.4) is 0 Å². The van der Waals surface area contributed by atoms with E-state index in [1.807, 2.05) is 11.3 Å². The highest BCUT2D eigenvalue weighted by atomic mass is 79.9. The third kappa shape index (κ3) is 2.46. The van der Waals surface area contributed by atoms with Gasteiger partial charge in [0, 0.05) is 11.2 Å². The summed E-state index contributed by atoms with van der Waals surface area (Å²) in [6, 6.07) is 8.39. The molecule has 1 unspecified atom stereocenters. The van der Waals surface area contributed by atoms with Crippen LogP contribution < -0.4 is 0 Å². The summed E-state index contributed by atoms with van der Waals surface area (Å²) in [5, 5.41) is 1.27. The summed E-state index contributed by atoms with van der Waals surface area (Å²) in [5.41, 5.74) is 1.15. The summed E-state index contributed by atoms with van der Waals surface area (Å²) < 4.78 is 1.31. The molecular weight excluding hydrogens is 282 g/mol. The lowest BCUT2D eigenvalue weighted by Crippen LogP contribution is -2.03. The molecule has 1 aromatic carbocycles. The van der Waals surface area contributed by atoms with Crippen LogP contribution in [-0.4, -0.2) is 9.81 Å². The molecule has 0 bridgehead atoms. The predicted octanol–water partition coefficient (Wildman–Crippen LogP) is 4.40. The predicted molar refractivity (Wildman–Crippen MR) is 73.4 cm³/mol. The van der Waals surface area contributed by atoms with E-state index in [0.717, 1.165) is 17.9 Å². The summed E-state index contributed by atoms with van der Waals surface area (Å²) in [7, 11) is 0. The van der Waals surface area contributed by atoms with Gasteiger partial charge in [0.25, 0.3) is 0 Å². The summed E-state index contributed by atoms with van der Waals surface area (Å²) >= 11 is 5.61. The van der Waals surface area contributed by atoms with Crippen LogP contribution in [0.15, 0.2) is 24.3 Å². The third-order valence-electron chi connectivity index (χ3n) is 3.02. The minimum atomic E-state index is 0.612. The van der Waals surface area contributed by atoms with Gasteiger partial charge in [0.2, 0.25) is 0 Å². The number of hydrogen-bond acceptors (Lipinski definition) is 2. The van der Waals surface area contributed by atoms with Crippen LogP contribution in [0.25, 0.3) is 10.2 Å². The van der Waals surface area contributed by atoms with Gasteiger partial charge in [-0.3, -0.25) is 0 Å². The van der Waals surface area contributed by atoms with Crippen LogP contribution >= 0.6 is 27.3 Å². The van der Waals surface area contributed by atoms with E-state index in [4.69, 9.17) is 0 Å². The Kier molecular flexibility index (Phi) is 2.99. The summed E-state index contributed by atoms with van der Waals surface area (Å²) in [5.74, 6) is 0.985. The highest BCUT2D eigenvalue weighted by Crippen LogP contribution is 2.36. The van der Waals surface area contributed by atoms with Gasteiger partial charge in [-0.25, -0.2) is 4.98 Å². The molecule has 1 aliphatic carbocycles. The van der Waals surface area contributed by atoms with Gasteiger partial charge in [-0.1, -0.05) is 40.9 Å². The van der Waals surface area contributed by atoms with E-state index in [1.165, 1.54) is 29.0 Å². The standard InChI is InChI=1S/C13H14BrNS/c14-10(7-9-5-6-9)8-13-15-11-3-1-2-4-12(11)16-13/h1-4,9-10H,5-8H2. The lowest BCUT2D eigenvalue weighted by Gasteiger charge is -2.05. The fraction of sp³-hybridized carbons (Fsp3) is 0.462. The fourth-order valence-electron chi connectivity index (χ4n) is 2.00. The largest absolute Gasteiger partial charge is 0.241 e. The van der Waals surface area contributed by atoms with Crippen LogP contribution in [0.1, 0.15) is 24.3 Å². The highest BCUT2D eigenvalue weighted by molar-refractivity contribution is 9.09. The van der Waals surface area contributed by atoms with E-state index in [1.54, 1.807) is 0 Å². The Morgan fingerprint density at radius 2 is 2.19 bits per heavy atom. The van der Waals surface area contributed by atoms with E-state index < -0.39 is 0 Å². The number of benzene rings is 1. The Morgan fingerprint density at radius 1 is 1.38 bits per heavy atom. The van der Waals surface area contributed by atoms with Crippen molar-refractivity contribution < 1.29 is 0 Å². The Bertz CT molecular complexity index is 456. The molecule has 1 fully saturated rings. The number of aromatic nitrogens is 1. The lowest BCUT2D eigenvalue weighted by atomic mass is 10.2. The van der Waals surface area contributed by atoms with Crippen molar-refractivity contribution in [1.29, 1.82) is 0 Å². The molecule has 16 heavy (non-hydrogen) atoms. The number of halogens is 1. The van der Waals surface area contributed by atoms with Gasteiger partial charge in [0.05, 0.1) is 15.2 Å². The maximum Gasteiger partial charge on any atom is 0.0949 e. The number of rotatable bonds is 4. The van der Waals surface area contributed by atoms with Crippen molar-refractivity contribution in [2.24, 2.45) is 5.92 Å². The molecule has 1 aromatic heterocycles. The van der Waals surface area contributed by atoms with E-state index in [2.05, 4.69) is 45.2 Å². The van der Waals surface area contributed by atoms with Crippen molar-refractivity contribution in [3.8, 4) is 0 Å². The first-order valence-electron chi connectivity index (χ1n) is 5.80. The first-order chi connectivity index (χ1) is 7.81. The normalized spacial score (nSPS) is 17.8. The molecule has 0 radical (unpaired) electrons. The number of nitrogens with zero attached hydrogens (tertiary/aromatic N) is 1. The molecule has 3 rings (SSSR count). The van der Waals surface area contributed by atoms with Crippen LogP contribution in [-0.2, 0) is 6.42 Å². The third-order valence-corrected chi connectivity index (χ3v) is 4.78. The fourth-order valence-corrected chi connectivity index (χ4v) is 4.09. The number of fused-ring (bicyclic) bond motifs is 1. The van der Waals surface area contributed by atoms with Crippen molar-refractivity contribution in [3.05, 3.63) is 29.3 Å². The van der Waals surface area contributed by atoms with E-state index >= 15 is 0 Å². The highest BCUT2D eigenvalue weighted by Gasteiger charge is 2.24. The molecule has 0 saturated heterocycles. The molecule has 1 aliphatic rings. The van der Waals surface area contributed by atoms with Gasteiger partial charge >= 0.3 is 0 Å². The van der Waals surface area contributed by atoms with Gasteiger partial charge in [0.1, 0.15) is 0 Å². The first-order valence-corrected chi connectivity index (χ1v) is 7.53. The number of alkyl halides is 1. The molecule has 0 N–H and O–H groups in total. The van der Waals surface area contributed by atoms with Gasteiger partial charge in [-0.05, 0) is 24.5 Å². The zero-order chi connectivity index (χ0) is 11.0. The molecular formula is C13H14BrNS. The van der Waals surface area contributed by atoms with E-state index in [-0.39, 0.29) is 0 Å². The van der Waals surface area contributed by atoms with Gasteiger partial charge in [-0.15, -0.1) is 11.3 Å². The monoisotopic (exact) mass is 295 g/mol. The topological polar surface area (TPSA) is 12.9 Å². The van der Waals surface area contributed by atoms with E-state index in [0.29, 0.717) is 4.83 Å². The average molecular weight is 296 g/mol. The van der Waals surface area contributed by atoms with Gasteiger partial charge in [0.15, 0.2) is 0 Å². The second-order valence-corrected chi connectivity index (χ2v) is 6.97. The van der Waals surface area contributed by atoms with Crippen LogP contribution in [0, 0.1) is 5.92 Å². The molecule has 0 aliphatic heterocycles. The quantitative estimate of drug-likeness (QED) is 0.762. The van der Waals surface area contributed by atoms with Crippen molar-refractivity contribution in [2.45, 2.75) is 30.5 Å². The van der Waals surface area contributed by atoms with Crippen molar-refractivity contribution in [1.82, 2.24) is 4.98 Å². The average Bonchev–Trinajstić information content (AvgIpc) is 2.97. The Balaban J connectivity index is 1.72. The molecule has 0 spiro atoms. The molecule has 0 amide bonds. The van der Waals surface area contributed by atoms with Crippen molar-refractivity contribution in [2.75, 3.05) is 0 Å². The number of thiazole rings is 1. The van der Waals surface area contributed by atoms with Crippen molar-refractivity contribution >= 4 is 37.5 Å². The molecule has 1 heterocycles. The summed E-state index contributed by atoms with van der Waals surface area (Å²) in [6.07, 6.45) is 5.26. The molecule has 84 valence electrons. The van der Waals surface area contributed by atoms with Crippen molar-refractivity contribution in [3.63, 3.8) is 0 Å². The van der Waals surface area contributed by atoms with Gasteiger partial charge in [-0.2, -0.15) is 0 Å². The molecule has 3 heteroatoms. The zero-order valence-electron chi connectivity index (χ0n) is 9.03. The minimum Gasteiger partial charge on any atom is -0.241 e. The van der Waals surface area contributed by atoms with Gasteiger partial charge < -0.3 is 0 Å². The molecule has 1 atom stereocenters. The Labute approximate surface area is 108 Å². The summed E-state index contributed by atoms with van der Waals surface area (Å²) in [4.78, 5) is 5.28.